The van der Waals surface area contributed by atoms with Gasteiger partial charge in [-0.2, -0.15) is 0 Å². The SMILES string of the molecule is Fc1c[c]c2ccn(C3CC3)c2c1. The monoisotopic (exact) mass is 174 g/mol. The summed E-state index contributed by atoms with van der Waals surface area (Å²) < 4.78 is 15.1. The molecule has 13 heavy (non-hydrogen) atoms. The number of aromatic nitrogens is 1. The third-order valence-corrected chi connectivity index (χ3v) is 2.54. The number of benzene rings is 1. The van der Waals surface area contributed by atoms with Gasteiger partial charge in [0, 0.05) is 17.6 Å². The van der Waals surface area contributed by atoms with Crippen molar-refractivity contribution >= 4 is 10.9 Å². The minimum absolute atomic E-state index is 0.201. The molecule has 3 rings (SSSR count). The Kier molecular flexibility index (Phi) is 1.29. The van der Waals surface area contributed by atoms with Crippen LogP contribution in [0.2, 0.25) is 0 Å². The van der Waals surface area contributed by atoms with Crippen LogP contribution in [0.5, 0.6) is 0 Å². The van der Waals surface area contributed by atoms with E-state index in [0.717, 1.165) is 10.9 Å². The highest BCUT2D eigenvalue weighted by Crippen LogP contribution is 2.37. The van der Waals surface area contributed by atoms with E-state index in [1.165, 1.54) is 18.9 Å². The van der Waals surface area contributed by atoms with Crippen LogP contribution >= 0.6 is 0 Å². The zero-order valence-corrected chi connectivity index (χ0v) is 7.13. The second-order valence-electron chi connectivity index (χ2n) is 3.57. The molecule has 1 fully saturated rings. The van der Waals surface area contributed by atoms with Crippen LogP contribution in [0.4, 0.5) is 4.39 Å². The topological polar surface area (TPSA) is 4.93 Å². The van der Waals surface area contributed by atoms with Crippen LogP contribution in [0.3, 0.4) is 0 Å². The quantitative estimate of drug-likeness (QED) is 0.626. The first-order chi connectivity index (χ1) is 6.34. The minimum Gasteiger partial charge on any atom is -0.344 e. The van der Waals surface area contributed by atoms with Gasteiger partial charge in [-0.3, -0.25) is 0 Å². The third-order valence-electron chi connectivity index (χ3n) is 2.54. The molecule has 1 aromatic heterocycles. The summed E-state index contributed by atoms with van der Waals surface area (Å²) in [5.41, 5.74) is 0.975. The molecule has 1 heterocycles. The lowest BCUT2D eigenvalue weighted by atomic mass is 10.2. The van der Waals surface area contributed by atoms with Gasteiger partial charge >= 0.3 is 0 Å². The second kappa shape index (κ2) is 2.34. The van der Waals surface area contributed by atoms with Crippen LogP contribution in [-0.2, 0) is 0 Å². The third kappa shape index (κ3) is 1.05. The summed E-state index contributed by atoms with van der Waals surface area (Å²) in [6.07, 6.45) is 4.47. The first-order valence-electron chi connectivity index (χ1n) is 4.52. The first-order valence-corrected chi connectivity index (χ1v) is 4.52. The fourth-order valence-electron chi connectivity index (χ4n) is 1.72. The Hall–Kier alpha value is -1.31. The highest BCUT2D eigenvalue weighted by molar-refractivity contribution is 5.79. The highest BCUT2D eigenvalue weighted by atomic mass is 19.1. The van der Waals surface area contributed by atoms with Gasteiger partial charge in [0.2, 0.25) is 0 Å². The summed E-state index contributed by atoms with van der Waals surface area (Å²) in [6.45, 7) is 0. The molecular weight excluding hydrogens is 165 g/mol. The van der Waals surface area contributed by atoms with Crippen molar-refractivity contribution in [2.24, 2.45) is 0 Å². The predicted octanol–water partition coefficient (Wildman–Crippen LogP) is 2.92. The van der Waals surface area contributed by atoms with Crippen molar-refractivity contribution in [1.82, 2.24) is 4.57 Å². The van der Waals surface area contributed by atoms with Gasteiger partial charge in [0.15, 0.2) is 0 Å². The number of nitrogens with zero attached hydrogens (tertiary/aromatic N) is 1. The molecule has 1 nitrogen and oxygen atoms in total. The van der Waals surface area contributed by atoms with Crippen molar-refractivity contribution < 1.29 is 4.39 Å². The fourth-order valence-corrected chi connectivity index (χ4v) is 1.72. The molecule has 0 amide bonds. The van der Waals surface area contributed by atoms with E-state index in [4.69, 9.17) is 0 Å². The Morgan fingerprint density at radius 1 is 1.46 bits per heavy atom. The Labute approximate surface area is 75.8 Å². The molecular formula is C11H9FN. The molecule has 0 N–H and O–H groups in total. The van der Waals surface area contributed by atoms with Gasteiger partial charge in [-0.05, 0) is 37.1 Å². The molecule has 0 aliphatic heterocycles. The van der Waals surface area contributed by atoms with Crippen molar-refractivity contribution in [3.8, 4) is 0 Å². The lowest BCUT2D eigenvalue weighted by molar-refractivity contribution is 0.627. The Balaban J connectivity index is 2.29. The van der Waals surface area contributed by atoms with Gasteiger partial charge in [-0.15, -0.1) is 0 Å². The lowest BCUT2D eigenvalue weighted by Gasteiger charge is -2.01. The molecule has 1 aromatic carbocycles. The summed E-state index contributed by atoms with van der Waals surface area (Å²) in [6, 6.07) is 8.50. The van der Waals surface area contributed by atoms with Crippen LogP contribution in [0.25, 0.3) is 10.9 Å². The summed E-state index contributed by atoms with van der Waals surface area (Å²) in [7, 11) is 0. The van der Waals surface area contributed by atoms with E-state index in [1.807, 2.05) is 12.3 Å². The van der Waals surface area contributed by atoms with E-state index < -0.39 is 0 Å². The molecule has 0 bridgehead atoms. The molecule has 0 atom stereocenters. The van der Waals surface area contributed by atoms with E-state index in [2.05, 4.69) is 10.6 Å². The molecule has 1 aliphatic rings. The molecule has 1 aliphatic carbocycles. The zero-order valence-electron chi connectivity index (χ0n) is 7.13. The summed E-state index contributed by atoms with van der Waals surface area (Å²) in [5, 5.41) is 1.01. The summed E-state index contributed by atoms with van der Waals surface area (Å²) in [5.74, 6) is -0.201. The number of rotatable bonds is 1. The van der Waals surface area contributed by atoms with Crippen molar-refractivity contribution in [2.45, 2.75) is 18.9 Å². The largest absolute Gasteiger partial charge is 0.344 e. The van der Waals surface area contributed by atoms with Gasteiger partial charge < -0.3 is 4.57 Å². The molecule has 0 spiro atoms. The maximum Gasteiger partial charge on any atom is 0.125 e. The number of hydrogen-bond acceptors (Lipinski definition) is 0. The lowest BCUT2D eigenvalue weighted by Crippen LogP contribution is -1.90. The van der Waals surface area contributed by atoms with Crippen molar-refractivity contribution in [2.75, 3.05) is 0 Å². The molecule has 1 saturated carbocycles. The van der Waals surface area contributed by atoms with Crippen LogP contribution in [0.15, 0.2) is 24.4 Å². The van der Waals surface area contributed by atoms with Crippen LogP contribution < -0.4 is 0 Å². The number of halogens is 1. The molecule has 2 heteroatoms. The first kappa shape index (κ1) is 7.13. The molecule has 0 unspecified atom stereocenters. The smallest absolute Gasteiger partial charge is 0.125 e. The summed E-state index contributed by atoms with van der Waals surface area (Å²) >= 11 is 0. The normalized spacial score (nSPS) is 16.7. The Morgan fingerprint density at radius 3 is 3.08 bits per heavy atom. The predicted molar refractivity (Wildman–Crippen MR) is 49.0 cm³/mol. The van der Waals surface area contributed by atoms with E-state index in [1.54, 1.807) is 6.07 Å². The molecule has 65 valence electrons. The van der Waals surface area contributed by atoms with E-state index in [9.17, 15) is 4.39 Å². The maximum absolute atomic E-state index is 12.9. The average Bonchev–Trinajstić information content (AvgIpc) is 2.87. The second-order valence-corrected chi connectivity index (χ2v) is 3.57. The van der Waals surface area contributed by atoms with E-state index in [0.29, 0.717) is 6.04 Å². The molecule has 0 saturated heterocycles. The minimum atomic E-state index is -0.201. The maximum atomic E-state index is 12.9. The van der Waals surface area contributed by atoms with Gasteiger partial charge in [-0.1, -0.05) is 0 Å². The van der Waals surface area contributed by atoms with E-state index in [-0.39, 0.29) is 5.82 Å². The molecule has 2 aromatic rings. The van der Waals surface area contributed by atoms with Crippen molar-refractivity contribution in [1.29, 1.82) is 0 Å². The Bertz CT molecular complexity index is 454. The van der Waals surface area contributed by atoms with Gasteiger partial charge in [0.25, 0.3) is 0 Å². The number of fused-ring (bicyclic) bond motifs is 1. The van der Waals surface area contributed by atoms with Gasteiger partial charge in [-0.25, -0.2) is 4.39 Å². The molecule has 1 radical (unpaired) electrons. The average molecular weight is 174 g/mol. The zero-order chi connectivity index (χ0) is 8.84. The highest BCUT2D eigenvalue weighted by Gasteiger charge is 2.24. The fraction of sp³-hybridized carbons (Fsp3) is 0.273. The van der Waals surface area contributed by atoms with Crippen LogP contribution in [-0.4, -0.2) is 4.57 Å². The van der Waals surface area contributed by atoms with Crippen molar-refractivity contribution in [3.05, 3.63) is 36.3 Å². The van der Waals surface area contributed by atoms with Gasteiger partial charge in [0.05, 0.1) is 5.52 Å². The number of hydrogen-bond donors (Lipinski definition) is 0. The van der Waals surface area contributed by atoms with Crippen molar-refractivity contribution in [3.63, 3.8) is 0 Å². The van der Waals surface area contributed by atoms with E-state index >= 15 is 0 Å². The van der Waals surface area contributed by atoms with Gasteiger partial charge in [0.1, 0.15) is 5.82 Å². The standard InChI is InChI=1S/C11H9FN/c12-9-2-1-8-5-6-13(10-3-4-10)11(8)7-9/h2,5-7,10H,3-4H2. The van der Waals surface area contributed by atoms with Crippen LogP contribution in [0.1, 0.15) is 18.9 Å². The van der Waals surface area contributed by atoms with Crippen LogP contribution in [0, 0.1) is 11.9 Å². The Morgan fingerprint density at radius 2 is 2.31 bits per heavy atom. The summed E-state index contributed by atoms with van der Waals surface area (Å²) in [4.78, 5) is 0.